The summed E-state index contributed by atoms with van der Waals surface area (Å²) in [6, 6.07) is 20.0. The van der Waals surface area contributed by atoms with Crippen LogP contribution in [0.15, 0.2) is 60.7 Å². The third-order valence-corrected chi connectivity index (χ3v) is 9.50. The van der Waals surface area contributed by atoms with Crippen molar-refractivity contribution in [1.29, 1.82) is 0 Å². The molecule has 0 amide bonds. The van der Waals surface area contributed by atoms with Gasteiger partial charge in [0.1, 0.15) is 0 Å². The second-order valence-electron chi connectivity index (χ2n) is 7.12. The molecule has 0 aliphatic rings. The number of hydrogen-bond acceptors (Lipinski definition) is 3. The summed E-state index contributed by atoms with van der Waals surface area (Å²) in [5.41, 5.74) is 1.12. The molecule has 0 fully saturated rings. The molecule has 136 valence electrons. The average molecular weight is 425 g/mol. The van der Waals surface area contributed by atoms with Gasteiger partial charge < -0.3 is 0 Å². The molecule has 0 heterocycles. The van der Waals surface area contributed by atoms with Gasteiger partial charge in [0.15, 0.2) is 0 Å². The molecule has 0 bridgehead atoms. The van der Waals surface area contributed by atoms with Crippen LogP contribution < -0.4 is 4.46 Å². The Morgan fingerprint density at radius 3 is 2.00 bits per heavy atom. The molecular formula is C20H26O3SSe. The van der Waals surface area contributed by atoms with Gasteiger partial charge in [-0.2, -0.15) is 0 Å². The Morgan fingerprint density at radius 2 is 1.48 bits per heavy atom. The van der Waals surface area contributed by atoms with Gasteiger partial charge in [-0.3, -0.25) is 0 Å². The molecule has 0 aliphatic heterocycles. The van der Waals surface area contributed by atoms with E-state index in [1.807, 2.05) is 60.7 Å². The molecule has 2 aromatic rings. The topological polar surface area (TPSA) is 54.4 Å². The average Bonchev–Trinajstić information content (AvgIpc) is 2.55. The van der Waals surface area contributed by atoms with Crippen LogP contribution in [0.1, 0.15) is 26.3 Å². The number of benzene rings is 2. The quantitative estimate of drug-likeness (QED) is 0.694. The van der Waals surface area contributed by atoms with Gasteiger partial charge in [-0.05, 0) is 0 Å². The molecule has 5 heteroatoms. The van der Waals surface area contributed by atoms with E-state index < -0.39 is 20.7 Å². The van der Waals surface area contributed by atoms with Crippen LogP contribution in [0.2, 0.25) is 4.82 Å². The maximum absolute atomic E-state index is 12.5. The maximum atomic E-state index is 12.5. The van der Waals surface area contributed by atoms with Crippen molar-refractivity contribution in [3.8, 4) is 0 Å². The van der Waals surface area contributed by atoms with E-state index in [4.69, 9.17) is 0 Å². The van der Waals surface area contributed by atoms with E-state index in [0.717, 1.165) is 5.56 Å². The van der Waals surface area contributed by atoms with E-state index in [1.165, 1.54) is 4.46 Å². The van der Waals surface area contributed by atoms with Crippen molar-refractivity contribution in [1.82, 2.24) is 0 Å². The van der Waals surface area contributed by atoms with Gasteiger partial charge in [0.2, 0.25) is 0 Å². The first-order valence-electron chi connectivity index (χ1n) is 8.35. The molecular weight excluding hydrogens is 399 g/mol. The molecule has 1 N–H and O–H groups in total. The summed E-state index contributed by atoms with van der Waals surface area (Å²) in [6.07, 6.45) is -0.194. The first-order valence-corrected chi connectivity index (χ1v) is 11.8. The zero-order valence-corrected chi connectivity index (χ0v) is 17.5. The van der Waals surface area contributed by atoms with E-state index in [1.54, 1.807) is 20.8 Å². The van der Waals surface area contributed by atoms with E-state index in [-0.39, 0.29) is 25.5 Å². The number of sulfone groups is 1. The number of rotatable bonds is 7. The molecule has 0 saturated heterocycles. The monoisotopic (exact) mass is 426 g/mol. The van der Waals surface area contributed by atoms with Crippen LogP contribution in [0.25, 0.3) is 0 Å². The number of aliphatic hydroxyl groups is 1. The van der Waals surface area contributed by atoms with Crippen molar-refractivity contribution >= 4 is 29.3 Å². The van der Waals surface area contributed by atoms with Gasteiger partial charge in [0.05, 0.1) is 0 Å². The van der Waals surface area contributed by atoms with Gasteiger partial charge in [-0.1, -0.05) is 0 Å². The summed E-state index contributed by atoms with van der Waals surface area (Å²) >= 11 is -0.01000. The molecule has 3 nitrogen and oxygen atoms in total. The van der Waals surface area contributed by atoms with Crippen molar-refractivity contribution in [2.24, 2.45) is 0 Å². The molecule has 2 atom stereocenters. The second-order valence-corrected chi connectivity index (χ2v) is 12.7. The summed E-state index contributed by atoms with van der Waals surface area (Å²) in [5.74, 6) is -0.192. The fourth-order valence-corrected chi connectivity index (χ4v) is 6.32. The summed E-state index contributed by atoms with van der Waals surface area (Å²) in [5, 5.41) is 10.8. The summed E-state index contributed by atoms with van der Waals surface area (Å²) in [6.45, 7) is 5.05. The first-order chi connectivity index (χ1) is 11.7. The first kappa shape index (κ1) is 20.2. The van der Waals surface area contributed by atoms with E-state index in [9.17, 15) is 13.5 Å². The van der Waals surface area contributed by atoms with Gasteiger partial charge in [-0.15, -0.1) is 0 Å². The Bertz CT molecular complexity index is 711. The fourth-order valence-electron chi connectivity index (χ4n) is 2.36. The Morgan fingerprint density at radius 1 is 0.960 bits per heavy atom. The summed E-state index contributed by atoms with van der Waals surface area (Å²) in [4.78, 5) is -0.0885. The molecule has 0 aromatic heterocycles. The molecule has 1 unspecified atom stereocenters. The van der Waals surface area contributed by atoms with Gasteiger partial charge >= 0.3 is 158 Å². The zero-order valence-electron chi connectivity index (χ0n) is 14.9. The molecule has 0 radical (unpaired) electrons. The van der Waals surface area contributed by atoms with E-state index in [0.29, 0.717) is 6.42 Å². The van der Waals surface area contributed by atoms with Crippen LogP contribution in [-0.2, 0) is 16.3 Å². The zero-order chi connectivity index (χ0) is 18.5. The van der Waals surface area contributed by atoms with Crippen molar-refractivity contribution in [2.75, 3.05) is 5.75 Å². The molecule has 2 rings (SSSR count). The van der Waals surface area contributed by atoms with Crippen LogP contribution in [0.5, 0.6) is 0 Å². The van der Waals surface area contributed by atoms with Crippen molar-refractivity contribution in [2.45, 2.75) is 42.9 Å². The fraction of sp³-hybridized carbons (Fsp3) is 0.400. The van der Waals surface area contributed by atoms with Crippen LogP contribution in [0.4, 0.5) is 0 Å². The minimum absolute atomic E-state index is 0.01000. The molecule has 0 aliphatic carbocycles. The predicted octanol–water partition coefficient (Wildman–Crippen LogP) is 2.62. The number of hydrogen-bond donors (Lipinski definition) is 1. The van der Waals surface area contributed by atoms with Gasteiger partial charge in [-0.25, -0.2) is 0 Å². The van der Waals surface area contributed by atoms with Crippen LogP contribution >= 0.6 is 0 Å². The normalized spacial score (nSPS) is 14.9. The third kappa shape index (κ3) is 5.96. The Balaban J connectivity index is 2.21. The van der Waals surface area contributed by atoms with Gasteiger partial charge in [0.25, 0.3) is 0 Å². The third-order valence-electron chi connectivity index (χ3n) is 4.06. The van der Waals surface area contributed by atoms with Crippen LogP contribution in [-0.4, -0.2) is 45.1 Å². The summed E-state index contributed by atoms with van der Waals surface area (Å²) < 4.78 is 25.4. The standard InChI is InChI=1S/C20H26O3SSe/c1-20(2,3)24(22,23)15-18(21)19(14-16-10-6-4-7-11-16)25-17-12-8-5-9-13-17/h4-13,18-19,21H,14-15H2,1-3H3/t18?,19-/m0/s1. The predicted molar refractivity (Wildman–Crippen MR) is 105 cm³/mol. The minimum atomic E-state index is -3.37. The molecule has 0 saturated carbocycles. The molecule has 25 heavy (non-hydrogen) atoms. The van der Waals surface area contributed by atoms with E-state index in [2.05, 4.69) is 0 Å². The van der Waals surface area contributed by atoms with Crippen molar-refractivity contribution in [3.05, 3.63) is 66.2 Å². The van der Waals surface area contributed by atoms with Crippen LogP contribution in [0, 0.1) is 0 Å². The number of aliphatic hydroxyl groups excluding tert-OH is 1. The Labute approximate surface area is 157 Å². The Hall–Kier alpha value is -1.13. The SMILES string of the molecule is CC(C)(C)S(=O)(=O)CC(O)[C@H](Cc1ccccc1)[Se]c1ccccc1. The molecule has 2 aromatic carbocycles. The Kier molecular flexibility index (Phi) is 6.86. The van der Waals surface area contributed by atoms with Crippen molar-refractivity contribution in [3.63, 3.8) is 0 Å². The van der Waals surface area contributed by atoms with E-state index >= 15 is 0 Å². The summed E-state index contributed by atoms with van der Waals surface area (Å²) in [7, 11) is -3.37. The second kappa shape index (κ2) is 8.50. The van der Waals surface area contributed by atoms with Gasteiger partial charge in [0, 0.05) is 0 Å². The van der Waals surface area contributed by atoms with Crippen LogP contribution in [0.3, 0.4) is 0 Å². The van der Waals surface area contributed by atoms with Crippen molar-refractivity contribution < 1.29 is 13.5 Å². The molecule has 0 spiro atoms.